The van der Waals surface area contributed by atoms with E-state index in [4.69, 9.17) is 0 Å². The van der Waals surface area contributed by atoms with Gasteiger partial charge in [-0.15, -0.1) is 0 Å². The smallest absolute Gasteiger partial charge is 0.416 e. The highest BCUT2D eigenvalue weighted by Crippen LogP contribution is 2.31. The summed E-state index contributed by atoms with van der Waals surface area (Å²) < 4.78 is 52.2. The molecule has 0 aliphatic heterocycles. The molecule has 106 valence electrons. The van der Waals surface area contributed by atoms with Crippen molar-refractivity contribution in [1.82, 2.24) is 0 Å². The molecular weight excluding hydrogens is 279 g/mol. The van der Waals surface area contributed by atoms with Gasteiger partial charge < -0.3 is 9.66 Å². The minimum absolute atomic E-state index is 0.118. The molecule has 0 fully saturated rings. The van der Waals surface area contributed by atoms with Crippen LogP contribution in [0.3, 0.4) is 0 Å². The predicted octanol–water partition coefficient (Wildman–Crippen LogP) is 3.29. The van der Waals surface area contributed by atoms with E-state index < -0.39 is 27.8 Å². The van der Waals surface area contributed by atoms with Crippen LogP contribution in [0, 0.1) is 0 Å². The van der Waals surface area contributed by atoms with Gasteiger partial charge in [-0.25, -0.2) is 0 Å². The molecule has 1 atom stereocenters. The Morgan fingerprint density at radius 2 is 1.84 bits per heavy atom. The normalized spacial score (nSPS) is 14.9. The zero-order chi connectivity index (χ0) is 14.8. The summed E-state index contributed by atoms with van der Waals surface area (Å²) in [5, 5.41) is 9.46. The number of aromatic hydroxyl groups is 1. The molecule has 1 rings (SSSR count). The van der Waals surface area contributed by atoms with Crippen molar-refractivity contribution < 1.29 is 22.8 Å². The lowest BCUT2D eigenvalue weighted by Gasteiger charge is -2.17. The quantitative estimate of drug-likeness (QED) is 0.672. The fourth-order valence-electron chi connectivity index (χ4n) is 1.10. The van der Waals surface area contributed by atoms with Crippen LogP contribution in [-0.4, -0.2) is 20.6 Å². The molecule has 1 unspecified atom stereocenters. The molecule has 0 spiro atoms. The summed E-state index contributed by atoms with van der Waals surface area (Å²) in [6.45, 7) is 5.06. The molecule has 0 radical (unpaired) electrons. The molecule has 0 saturated heterocycles. The fraction of sp³-hybridized carbons (Fsp3) is 0.417. The highest BCUT2D eigenvalue weighted by atomic mass is 32.2. The summed E-state index contributed by atoms with van der Waals surface area (Å²) in [6, 6.07) is 2.47. The van der Waals surface area contributed by atoms with E-state index in [1.165, 1.54) is 0 Å². The molecule has 0 aliphatic rings. The lowest BCUT2D eigenvalue weighted by Crippen LogP contribution is -2.25. The Kier molecular flexibility index (Phi) is 4.52. The molecule has 0 bridgehead atoms. The molecule has 0 aliphatic carbocycles. The van der Waals surface area contributed by atoms with Gasteiger partial charge in [0.15, 0.2) is 0 Å². The first-order valence-electron chi connectivity index (χ1n) is 5.38. The molecule has 3 nitrogen and oxygen atoms in total. The molecule has 0 heterocycles. The Balaban J connectivity index is 3.05. The summed E-state index contributed by atoms with van der Waals surface area (Å²) in [5.74, 6) is -0.345. The van der Waals surface area contributed by atoms with E-state index >= 15 is 0 Å². The van der Waals surface area contributed by atoms with Crippen molar-refractivity contribution in [3.8, 4) is 5.75 Å². The van der Waals surface area contributed by atoms with Crippen LogP contribution >= 0.6 is 0 Å². The van der Waals surface area contributed by atoms with Crippen LogP contribution < -0.4 is 0 Å². The third-order valence-corrected chi connectivity index (χ3v) is 3.51. The van der Waals surface area contributed by atoms with Crippen molar-refractivity contribution in [1.29, 1.82) is 0 Å². The maximum absolute atomic E-state index is 12.5. The van der Waals surface area contributed by atoms with Crippen LogP contribution in [0.1, 0.15) is 31.9 Å². The lowest BCUT2D eigenvalue weighted by molar-refractivity contribution is -0.137. The van der Waals surface area contributed by atoms with Gasteiger partial charge >= 0.3 is 6.18 Å². The van der Waals surface area contributed by atoms with E-state index in [0.29, 0.717) is 0 Å². The van der Waals surface area contributed by atoms with Gasteiger partial charge in [0.2, 0.25) is 0 Å². The van der Waals surface area contributed by atoms with E-state index in [1.54, 1.807) is 20.8 Å². The summed E-state index contributed by atoms with van der Waals surface area (Å²) in [5.41, 5.74) is -1.01. The SMILES string of the molecule is CC(C)(C)[S+]([O-])N=Cc1cc(C(F)(F)F)ccc1O. The molecule has 1 N–H and O–H groups in total. The van der Waals surface area contributed by atoms with E-state index in [9.17, 15) is 22.8 Å². The third-order valence-electron chi connectivity index (χ3n) is 2.17. The average Bonchev–Trinajstić information content (AvgIpc) is 2.24. The van der Waals surface area contributed by atoms with Crippen LogP contribution in [-0.2, 0) is 17.5 Å². The highest BCUT2D eigenvalue weighted by Gasteiger charge is 2.31. The summed E-state index contributed by atoms with van der Waals surface area (Å²) >= 11 is -1.60. The van der Waals surface area contributed by atoms with Crippen LogP contribution in [0.2, 0.25) is 0 Å². The van der Waals surface area contributed by atoms with E-state index in [0.717, 1.165) is 24.4 Å². The molecule has 0 aromatic heterocycles. The lowest BCUT2D eigenvalue weighted by atomic mass is 10.1. The van der Waals surface area contributed by atoms with E-state index in [2.05, 4.69) is 4.40 Å². The molecule has 7 heteroatoms. The highest BCUT2D eigenvalue weighted by molar-refractivity contribution is 7.91. The zero-order valence-corrected chi connectivity index (χ0v) is 11.5. The van der Waals surface area contributed by atoms with Crippen LogP contribution in [0.4, 0.5) is 13.2 Å². The number of nitrogens with zero attached hydrogens (tertiary/aromatic N) is 1. The number of rotatable bonds is 2. The Hall–Kier alpha value is -1.21. The second-order valence-corrected chi connectivity index (χ2v) is 6.80. The van der Waals surface area contributed by atoms with Gasteiger partial charge in [0, 0.05) is 5.56 Å². The predicted molar refractivity (Wildman–Crippen MR) is 68.6 cm³/mol. The van der Waals surface area contributed by atoms with Crippen molar-refractivity contribution in [2.75, 3.05) is 0 Å². The number of phenols is 1. The number of alkyl halides is 3. The number of hydrogen-bond acceptors (Lipinski definition) is 3. The van der Waals surface area contributed by atoms with Gasteiger partial charge in [0.25, 0.3) is 0 Å². The van der Waals surface area contributed by atoms with Gasteiger partial charge in [-0.3, -0.25) is 0 Å². The maximum atomic E-state index is 12.5. The Morgan fingerprint density at radius 3 is 2.32 bits per heavy atom. The maximum Gasteiger partial charge on any atom is 0.416 e. The van der Waals surface area contributed by atoms with Gasteiger partial charge in [-0.05, 0) is 39.0 Å². The van der Waals surface area contributed by atoms with Crippen LogP contribution in [0.15, 0.2) is 22.6 Å². The molecular formula is C12H14F3NO2S. The largest absolute Gasteiger partial charge is 0.591 e. The minimum atomic E-state index is -4.50. The van der Waals surface area contributed by atoms with Crippen LogP contribution in [0.5, 0.6) is 5.75 Å². The topological polar surface area (TPSA) is 55.7 Å². The fourth-order valence-corrected chi connectivity index (χ4v) is 1.62. The van der Waals surface area contributed by atoms with E-state index in [1.807, 2.05) is 0 Å². The molecule has 19 heavy (non-hydrogen) atoms. The Morgan fingerprint density at radius 1 is 1.26 bits per heavy atom. The number of halogens is 3. The van der Waals surface area contributed by atoms with Crippen molar-refractivity contribution >= 4 is 17.6 Å². The summed E-state index contributed by atoms with van der Waals surface area (Å²) in [6.07, 6.45) is -3.51. The van der Waals surface area contributed by atoms with Gasteiger partial charge in [-0.2, -0.15) is 13.2 Å². The number of hydrogen-bond donors (Lipinski definition) is 1. The molecule has 0 saturated carbocycles. The second kappa shape index (κ2) is 5.42. The zero-order valence-electron chi connectivity index (χ0n) is 10.7. The molecule has 1 aromatic rings. The van der Waals surface area contributed by atoms with Gasteiger partial charge in [-0.1, -0.05) is 4.40 Å². The van der Waals surface area contributed by atoms with Gasteiger partial charge in [0.05, 0.1) is 11.8 Å². The minimum Gasteiger partial charge on any atom is -0.591 e. The second-order valence-electron chi connectivity index (χ2n) is 4.87. The van der Waals surface area contributed by atoms with Crippen molar-refractivity contribution in [3.05, 3.63) is 29.3 Å². The Bertz CT molecular complexity index is 481. The van der Waals surface area contributed by atoms with E-state index in [-0.39, 0.29) is 11.3 Å². The van der Waals surface area contributed by atoms with Crippen LogP contribution in [0.25, 0.3) is 0 Å². The first-order chi connectivity index (χ1) is 8.51. The summed E-state index contributed by atoms with van der Waals surface area (Å²) in [7, 11) is 0. The van der Waals surface area contributed by atoms with Crippen molar-refractivity contribution in [3.63, 3.8) is 0 Å². The third kappa shape index (κ3) is 4.43. The average molecular weight is 293 g/mol. The first kappa shape index (κ1) is 15.8. The summed E-state index contributed by atoms with van der Waals surface area (Å²) in [4.78, 5) is 0. The van der Waals surface area contributed by atoms with Gasteiger partial charge in [0.1, 0.15) is 21.9 Å². The first-order valence-corrected chi connectivity index (χ1v) is 6.49. The standard InChI is InChI=1S/C12H14F3NO2S/c1-11(2,3)19(18)16-7-8-6-9(12(13,14)15)4-5-10(8)17/h4-7,17H,1-3H3. The van der Waals surface area contributed by atoms with Crippen molar-refractivity contribution in [2.45, 2.75) is 31.7 Å². The number of phenolic OH excluding ortho intramolecular Hbond substituents is 1. The molecule has 1 aromatic carbocycles. The number of benzene rings is 1. The van der Waals surface area contributed by atoms with Crippen molar-refractivity contribution in [2.24, 2.45) is 4.40 Å². The Labute approximate surface area is 112 Å². The molecule has 0 amide bonds. The monoisotopic (exact) mass is 293 g/mol.